The molecule has 0 bridgehead atoms. The van der Waals surface area contributed by atoms with Crippen LogP contribution in [0.5, 0.6) is 0 Å². The first kappa shape index (κ1) is 16.4. The van der Waals surface area contributed by atoms with Crippen molar-refractivity contribution in [1.82, 2.24) is 19.7 Å². The number of rotatable bonds is 2. The Kier molecular flexibility index (Phi) is 3.79. The van der Waals surface area contributed by atoms with Gasteiger partial charge in [0.15, 0.2) is 5.65 Å². The second-order valence-corrected chi connectivity index (χ2v) is 6.74. The summed E-state index contributed by atoms with van der Waals surface area (Å²) in [5.41, 5.74) is 3.86. The fourth-order valence-electron chi connectivity index (χ4n) is 3.77. The van der Waals surface area contributed by atoms with E-state index in [9.17, 15) is 10.0 Å². The topological polar surface area (TPSA) is 84.1 Å². The normalized spacial score (nSPS) is 13.5. The Morgan fingerprint density at radius 2 is 1.93 bits per heavy atom. The molecular formula is C21H17N5O2. The number of nitrogens with zero attached hydrogens (tertiary/aromatic N) is 5. The first-order chi connectivity index (χ1) is 13.7. The van der Waals surface area contributed by atoms with E-state index in [1.165, 1.54) is 5.56 Å². The van der Waals surface area contributed by atoms with Crippen molar-refractivity contribution >= 4 is 22.5 Å². The molecular weight excluding hydrogens is 354 g/mol. The minimum atomic E-state index is -0.736. The number of hydrogen-bond acceptors (Lipinski definition) is 6. The summed E-state index contributed by atoms with van der Waals surface area (Å²) < 4.78 is 0.495. The maximum atomic E-state index is 12.2. The molecule has 1 aromatic carbocycles. The summed E-state index contributed by atoms with van der Waals surface area (Å²) in [6.45, 7) is 0.741. The van der Waals surface area contributed by atoms with Gasteiger partial charge in [0, 0.05) is 30.8 Å². The molecule has 1 aliphatic heterocycles. The van der Waals surface area contributed by atoms with E-state index >= 15 is 0 Å². The second-order valence-electron chi connectivity index (χ2n) is 6.74. The highest BCUT2D eigenvalue weighted by atomic mass is 16.5. The number of aryl methyl sites for hydroxylation is 1. The average molecular weight is 371 g/mol. The quantitative estimate of drug-likeness (QED) is 0.545. The molecule has 4 aromatic rings. The maximum absolute atomic E-state index is 12.2. The smallest absolute Gasteiger partial charge is 0.384 e. The largest absolute Gasteiger partial charge is 0.422 e. The fraction of sp³-hybridized carbons (Fsp3) is 0.143. The highest BCUT2D eigenvalue weighted by Crippen LogP contribution is 2.37. The molecule has 0 saturated heterocycles. The van der Waals surface area contributed by atoms with E-state index < -0.39 is 5.69 Å². The molecule has 5 rings (SSSR count). The van der Waals surface area contributed by atoms with Crippen LogP contribution in [0.4, 0.5) is 11.5 Å². The predicted molar refractivity (Wildman–Crippen MR) is 106 cm³/mol. The van der Waals surface area contributed by atoms with Crippen LogP contribution in [-0.4, -0.2) is 31.4 Å². The zero-order valence-electron chi connectivity index (χ0n) is 15.0. The lowest BCUT2D eigenvalue weighted by Gasteiger charge is -2.31. The van der Waals surface area contributed by atoms with E-state index in [4.69, 9.17) is 0 Å². The molecule has 7 nitrogen and oxygen atoms in total. The molecule has 0 unspecified atom stereocenters. The third kappa shape index (κ3) is 2.60. The predicted octanol–water partition coefficient (Wildman–Crippen LogP) is 3.18. The third-order valence-corrected chi connectivity index (χ3v) is 5.06. The lowest BCUT2D eigenvalue weighted by molar-refractivity contribution is 0.182. The van der Waals surface area contributed by atoms with Crippen LogP contribution in [0, 0.1) is 0 Å². The Labute approximate surface area is 160 Å². The zero-order chi connectivity index (χ0) is 19.1. The molecule has 0 atom stereocenters. The lowest BCUT2D eigenvalue weighted by atomic mass is 9.96. The van der Waals surface area contributed by atoms with Gasteiger partial charge >= 0.3 is 5.69 Å². The van der Waals surface area contributed by atoms with Crippen LogP contribution in [0.2, 0.25) is 0 Å². The van der Waals surface area contributed by atoms with Crippen molar-refractivity contribution in [2.75, 3.05) is 11.4 Å². The molecule has 138 valence electrons. The maximum Gasteiger partial charge on any atom is 0.384 e. The van der Waals surface area contributed by atoms with Crippen LogP contribution in [0.1, 0.15) is 12.0 Å². The molecule has 0 amide bonds. The molecule has 1 aliphatic rings. The molecule has 0 aliphatic carbocycles. The Morgan fingerprint density at radius 1 is 1.04 bits per heavy atom. The van der Waals surface area contributed by atoms with Crippen LogP contribution in [-0.2, 0) is 6.42 Å². The Morgan fingerprint density at radius 3 is 2.79 bits per heavy atom. The minimum Gasteiger partial charge on any atom is -0.422 e. The van der Waals surface area contributed by atoms with Gasteiger partial charge in [-0.05, 0) is 59.9 Å². The monoisotopic (exact) mass is 371 g/mol. The molecule has 0 saturated carbocycles. The second kappa shape index (κ2) is 6.45. The summed E-state index contributed by atoms with van der Waals surface area (Å²) >= 11 is 0. The number of pyridine rings is 2. The molecule has 0 fully saturated rings. The van der Waals surface area contributed by atoms with Crippen molar-refractivity contribution in [3.8, 4) is 11.1 Å². The van der Waals surface area contributed by atoms with Crippen LogP contribution in [0.3, 0.4) is 0 Å². The van der Waals surface area contributed by atoms with Gasteiger partial charge in [-0.15, -0.1) is 4.73 Å². The Balaban J connectivity index is 1.66. The number of aromatic nitrogens is 4. The zero-order valence-corrected chi connectivity index (χ0v) is 15.0. The lowest BCUT2D eigenvalue weighted by Crippen LogP contribution is -2.30. The minimum absolute atomic E-state index is 0.205. The van der Waals surface area contributed by atoms with Gasteiger partial charge in [0.2, 0.25) is 0 Å². The van der Waals surface area contributed by atoms with Gasteiger partial charge in [-0.1, -0.05) is 12.1 Å². The van der Waals surface area contributed by atoms with Gasteiger partial charge < -0.3 is 10.1 Å². The van der Waals surface area contributed by atoms with E-state index in [0.717, 1.165) is 36.2 Å². The van der Waals surface area contributed by atoms with E-state index in [2.05, 4.69) is 33.2 Å². The van der Waals surface area contributed by atoms with E-state index in [1.807, 2.05) is 29.3 Å². The van der Waals surface area contributed by atoms with Crippen molar-refractivity contribution in [1.29, 1.82) is 0 Å². The van der Waals surface area contributed by atoms with Gasteiger partial charge in [0.25, 0.3) is 0 Å². The summed E-state index contributed by atoms with van der Waals surface area (Å²) in [6, 6.07) is 13.8. The Bertz CT molecular complexity index is 1240. The summed E-state index contributed by atoms with van der Waals surface area (Å²) in [5, 5.41) is 10.6. The summed E-state index contributed by atoms with van der Waals surface area (Å²) in [5.74, 6) is 0.522. The SMILES string of the molecule is O=c1nc(N2CCCc3cc(-c4cccnc4)ccc32)c2cccnc2n1O. The number of hydrogen-bond donors (Lipinski definition) is 1. The van der Waals surface area contributed by atoms with Crippen molar-refractivity contribution in [3.05, 3.63) is 77.1 Å². The van der Waals surface area contributed by atoms with E-state index in [1.54, 1.807) is 18.5 Å². The standard InChI is InChI=1S/C21H17N5O2/c27-21-24-20(17-6-2-10-23-19(17)26(21)28)25-11-3-5-15-12-14(7-8-18(15)25)16-4-1-9-22-13-16/h1-2,4,6-10,12-13,28H,3,5,11H2. The summed E-state index contributed by atoms with van der Waals surface area (Å²) in [4.78, 5) is 26.7. The fourth-order valence-corrected chi connectivity index (χ4v) is 3.77. The van der Waals surface area contributed by atoms with Gasteiger partial charge in [0.05, 0.1) is 5.39 Å². The van der Waals surface area contributed by atoms with Crippen molar-refractivity contribution in [2.45, 2.75) is 12.8 Å². The molecule has 0 radical (unpaired) electrons. The number of fused-ring (bicyclic) bond motifs is 2. The van der Waals surface area contributed by atoms with Crippen LogP contribution in [0.25, 0.3) is 22.2 Å². The molecule has 3 aromatic heterocycles. The first-order valence-corrected chi connectivity index (χ1v) is 9.10. The van der Waals surface area contributed by atoms with E-state index in [-0.39, 0.29) is 5.65 Å². The van der Waals surface area contributed by atoms with Gasteiger partial charge in [0.1, 0.15) is 5.82 Å². The average Bonchev–Trinajstić information content (AvgIpc) is 2.76. The van der Waals surface area contributed by atoms with E-state index in [0.29, 0.717) is 15.9 Å². The van der Waals surface area contributed by atoms with Gasteiger partial charge in [-0.2, -0.15) is 4.98 Å². The van der Waals surface area contributed by atoms with Gasteiger partial charge in [-0.25, -0.2) is 9.78 Å². The van der Waals surface area contributed by atoms with Crippen LogP contribution < -0.4 is 10.6 Å². The van der Waals surface area contributed by atoms with Crippen molar-refractivity contribution in [2.24, 2.45) is 0 Å². The summed E-state index contributed by atoms with van der Waals surface area (Å²) in [6.07, 6.45) is 7.05. The molecule has 1 N–H and O–H groups in total. The number of benzene rings is 1. The van der Waals surface area contributed by atoms with Crippen LogP contribution in [0.15, 0.2) is 65.8 Å². The van der Waals surface area contributed by atoms with Crippen molar-refractivity contribution in [3.63, 3.8) is 0 Å². The Hall–Kier alpha value is -3.74. The number of anilines is 2. The van der Waals surface area contributed by atoms with Crippen LogP contribution >= 0.6 is 0 Å². The molecule has 4 heterocycles. The highest BCUT2D eigenvalue weighted by molar-refractivity contribution is 5.90. The molecule has 0 spiro atoms. The first-order valence-electron chi connectivity index (χ1n) is 9.10. The third-order valence-electron chi connectivity index (χ3n) is 5.06. The van der Waals surface area contributed by atoms with Gasteiger partial charge in [-0.3, -0.25) is 4.98 Å². The highest BCUT2D eigenvalue weighted by Gasteiger charge is 2.23. The van der Waals surface area contributed by atoms with Crippen molar-refractivity contribution < 1.29 is 5.21 Å². The summed E-state index contributed by atoms with van der Waals surface area (Å²) in [7, 11) is 0. The molecule has 7 heteroatoms. The molecule has 28 heavy (non-hydrogen) atoms.